The molecule has 0 radical (unpaired) electrons. The van der Waals surface area contributed by atoms with Crippen LogP contribution in [0.5, 0.6) is 0 Å². The van der Waals surface area contributed by atoms with Crippen molar-refractivity contribution in [3.05, 3.63) is 47.1 Å². The number of aryl methyl sites for hydroxylation is 1. The smallest absolute Gasteiger partial charge is 0.169 e. The normalized spacial score (nSPS) is 10.3. The summed E-state index contributed by atoms with van der Waals surface area (Å²) in [6.07, 6.45) is 1.46. The van der Waals surface area contributed by atoms with Gasteiger partial charge in [0.2, 0.25) is 0 Å². The molecule has 0 saturated carbocycles. The fourth-order valence-electron chi connectivity index (χ4n) is 1.31. The second-order valence-electron chi connectivity index (χ2n) is 3.13. The molecule has 0 aromatic carbocycles. The molecule has 15 heavy (non-hydrogen) atoms. The van der Waals surface area contributed by atoms with Gasteiger partial charge in [-0.3, -0.25) is 4.98 Å². The summed E-state index contributed by atoms with van der Waals surface area (Å²) in [5.74, 6) is -0.530. The Balaban J connectivity index is 2.59. The van der Waals surface area contributed by atoms with Crippen molar-refractivity contribution in [2.75, 3.05) is 0 Å². The van der Waals surface area contributed by atoms with Crippen molar-refractivity contribution >= 4 is 11.6 Å². The molecule has 0 aliphatic rings. The maximum atomic E-state index is 13.6. The van der Waals surface area contributed by atoms with Gasteiger partial charge in [0, 0.05) is 17.5 Å². The highest BCUT2D eigenvalue weighted by atomic mass is 35.5. The molecule has 76 valence electrons. The molecule has 2 aromatic rings. The van der Waals surface area contributed by atoms with Crippen molar-refractivity contribution in [1.29, 1.82) is 0 Å². The Labute approximate surface area is 91.8 Å². The molecule has 2 aromatic heterocycles. The molecule has 0 N–H and O–H groups in total. The van der Waals surface area contributed by atoms with Crippen molar-refractivity contribution in [3.63, 3.8) is 0 Å². The molecule has 0 aliphatic heterocycles. The number of hydrogen-bond acceptors (Lipinski definition) is 2. The fraction of sp³-hybridized carbons (Fsp3) is 0.0909. The zero-order valence-corrected chi connectivity index (χ0v) is 8.79. The topological polar surface area (TPSA) is 25.8 Å². The van der Waals surface area contributed by atoms with Crippen molar-refractivity contribution in [2.45, 2.75) is 6.92 Å². The van der Waals surface area contributed by atoms with Gasteiger partial charge in [-0.05, 0) is 25.1 Å². The first kappa shape index (κ1) is 10.1. The number of rotatable bonds is 1. The molecule has 0 unspecified atom stereocenters. The van der Waals surface area contributed by atoms with Gasteiger partial charge in [-0.25, -0.2) is 9.37 Å². The lowest BCUT2D eigenvalue weighted by molar-refractivity contribution is 0.625. The number of pyridine rings is 2. The summed E-state index contributed by atoms with van der Waals surface area (Å²) < 4.78 is 13.6. The van der Waals surface area contributed by atoms with E-state index in [1.54, 1.807) is 12.1 Å². The lowest BCUT2D eigenvalue weighted by Gasteiger charge is -2.03. The number of halogens is 2. The minimum atomic E-state index is -0.530. The van der Waals surface area contributed by atoms with E-state index in [1.807, 2.05) is 19.1 Å². The van der Waals surface area contributed by atoms with Crippen molar-refractivity contribution in [1.82, 2.24) is 9.97 Å². The minimum absolute atomic E-state index is 0.129. The summed E-state index contributed by atoms with van der Waals surface area (Å²) in [5.41, 5.74) is 1.77. The highest BCUT2D eigenvalue weighted by molar-refractivity contribution is 6.29. The molecular formula is C11H8ClFN2. The van der Waals surface area contributed by atoms with E-state index < -0.39 is 5.82 Å². The molecule has 4 heteroatoms. The molecule has 2 heterocycles. The lowest BCUT2D eigenvalue weighted by atomic mass is 10.1. The van der Waals surface area contributed by atoms with Crippen LogP contribution in [0.4, 0.5) is 4.39 Å². The molecule has 0 bridgehead atoms. The molecule has 0 saturated heterocycles. The minimum Gasteiger partial charge on any atom is -0.253 e. The molecular weight excluding hydrogens is 215 g/mol. The van der Waals surface area contributed by atoms with E-state index in [9.17, 15) is 4.39 Å². The van der Waals surface area contributed by atoms with Crippen molar-refractivity contribution in [3.8, 4) is 11.3 Å². The van der Waals surface area contributed by atoms with Gasteiger partial charge in [0.15, 0.2) is 11.0 Å². The average molecular weight is 223 g/mol. The van der Waals surface area contributed by atoms with Crippen molar-refractivity contribution < 1.29 is 4.39 Å². The van der Waals surface area contributed by atoms with Crippen LogP contribution in [-0.2, 0) is 0 Å². The Hall–Kier alpha value is -1.48. The SMILES string of the molecule is Cc1cccc(-c2ccnc(Cl)c2F)n1. The first-order valence-electron chi connectivity index (χ1n) is 4.42. The maximum Gasteiger partial charge on any atom is 0.169 e. The van der Waals surface area contributed by atoms with E-state index in [0.29, 0.717) is 11.3 Å². The molecule has 0 fully saturated rings. The summed E-state index contributed by atoms with van der Waals surface area (Å²) in [4.78, 5) is 7.87. The Morgan fingerprint density at radius 2 is 2.07 bits per heavy atom. The zero-order chi connectivity index (χ0) is 10.8. The monoisotopic (exact) mass is 222 g/mol. The van der Waals surface area contributed by atoms with Crippen LogP contribution in [0.1, 0.15) is 5.69 Å². The van der Waals surface area contributed by atoms with E-state index in [2.05, 4.69) is 9.97 Å². The average Bonchev–Trinajstić information content (AvgIpc) is 2.22. The number of aromatic nitrogens is 2. The lowest BCUT2D eigenvalue weighted by Crippen LogP contribution is -1.91. The second kappa shape index (κ2) is 3.95. The predicted molar refractivity (Wildman–Crippen MR) is 57.2 cm³/mol. The maximum absolute atomic E-state index is 13.6. The summed E-state index contributed by atoms with van der Waals surface area (Å²) in [6.45, 7) is 1.85. The summed E-state index contributed by atoms with van der Waals surface area (Å²) >= 11 is 5.59. The van der Waals surface area contributed by atoms with Gasteiger partial charge in [0.1, 0.15) is 0 Å². The quantitative estimate of drug-likeness (QED) is 0.693. The Morgan fingerprint density at radius 3 is 2.80 bits per heavy atom. The van der Waals surface area contributed by atoms with Crippen LogP contribution in [0.25, 0.3) is 11.3 Å². The molecule has 0 aliphatic carbocycles. The number of nitrogens with zero attached hydrogens (tertiary/aromatic N) is 2. The van der Waals surface area contributed by atoms with Gasteiger partial charge in [-0.1, -0.05) is 17.7 Å². The Bertz CT molecular complexity index is 500. The van der Waals surface area contributed by atoms with Gasteiger partial charge < -0.3 is 0 Å². The van der Waals surface area contributed by atoms with E-state index in [-0.39, 0.29) is 5.15 Å². The fourth-order valence-corrected chi connectivity index (χ4v) is 1.47. The van der Waals surface area contributed by atoms with E-state index >= 15 is 0 Å². The standard InChI is InChI=1S/C11H8ClFN2/c1-7-3-2-4-9(15-7)8-5-6-14-11(12)10(8)13/h2-6H,1H3. The number of hydrogen-bond donors (Lipinski definition) is 0. The summed E-state index contributed by atoms with van der Waals surface area (Å²) in [5, 5.41) is -0.129. The van der Waals surface area contributed by atoms with Crippen LogP contribution >= 0.6 is 11.6 Å². The summed E-state index contributed by atoms with van der Waals surface area (Å²) in [6, 6.07) is 6.97. The third-order valence-electron chi connectivity index (χ3n) is 2.01. The van der Waals surface area contributed by atoms with E-state index in [4.69, 9.17) is 11.6 Å². The third kappa shape index (κ3) is 1.97. The van der Waals surface area contributed by atoms with E-state index in [0.717, 1.165) is 5.69 Å². The van der Waals surface area contributed by atoms with Crippen LogP contribution in [-0.4, -0.2) is 9.97 Å². The predicted octanol–water partition coefficient (Wildman–Crippen LogP) is 3.24. The highest BCUT2D eigenvalue weighted by Crippen LogP contribution is 2.24. The molecule has 2 rings (SSSR count). The van der Waals surface area contributed by atoms with Crippen LogP contribution < -0.4 is 0 Å². The second-order valence-corrected chi connectivity index (χ2v) is 3.49. The first-order chi connectivity index (χ1) is 7.18. The first-order valence-corrected chi connectivity index (χ1v) is 4.80. The third-order valence-corrected chi connectivity index (χ3v) is 2.27. The van der Waals surface area contributed by atoms with Crippen LogP contribution in [0.2, 0.25) is 5.15 Å². The van der Waals surface area contributed by atoms with Gasteiger partial charge in [0.05, 0.1) is 5.69 Å². The van der Waals surface area contributed by atoms with Gasteiger partial charge in [-0.15, -0.1) is 0 Å². The van der Waals surface area contributed by atoms with E-state index in [1.165, 1.54) is 6.20 Å². The van der Waals surface area contributed by atoms with Gasteiger partial charge >= 0.3 is 0 Å². The Morgan fingerprint density at radius 1 is 1.27 bits per heavy atom. The van der Waals surface area contributed by atoms with Crippen LogP contribution in [0.3, 0.4) is 0 Å². The van der Waals surface area contributed by atoms with Crippen molar-refractivity contribution in [2.24, 2.45) is 0 Å². The molecule has 2 nitrogen and oxygen atoms in total. The largest absolute Gasteiger partial charge is 0.253 e. The Kier molecular flexibility index (Phi) is 2.64. The molecule has 0 spiro atoms. The van der Waals surface area contributed by atoms with Crippen LogP contribution in [0.15, 0.2) is 30.5 Å². The molecule has 0 atom stereocenters. The van der Waals surface area contributed by atoms with Gasteiger partial charge in [0.25, 0.3) is 0 Å². The van der Waals surface area contributed by atoms with Gasteiger partial charge in [-0.2, -0.15) is 0 Å². The molecule has 0 amide bonds. The highest BCUT2D eigenvalue weighted by Gasteiger charge is 2.10. The zero-order valence-electron chi connectivity index (χ0n) is 8.04. The van der Waals surface area contributed by atoms with Crippen LogP contribution in [0, 0.1) is 12.7 Å². The summed E-state index contributed by atoms with van der Waals surface area (Å²) in [7, 11) is 0.